The number of unbranched alkanes of at least 4 members (excludes halogenated alkanes) is 24. The van der Waals surface area contributed by atoms with Crippen molar-refractivity contribution in [3.05, 3.63) is 24.3 Å². The van der Waals surface area contributed by atoms with Crippen molar-refractivity contribution in [1.82, 2.24) is 0 Å². The number of ether oxygens (including phenoxy) is 2. The number of carbonyl (C=O) groups excluding carboxylic acids is 2. The van der Waals surface area contributed by atoms with E-state index in [0.717, 1.165) is 51.4 Å². The normalized spacial score (nSPS) is 13.5. The van der Waals surface area contributed by atoms with Crippen molar-refractivity contribution in [2.75, 3.05) is 26.4 Å². The summed E-state index contributed by atoms with van der Waals surface area (Å²) in [4.78, 5) is 34.8. The highest BCUT2D eigenvalue weighted by atomic mass is 31.2. The Morgan fingerprint density at radius 1 is 0.566 bits per heavy atom. The van der Waals surface area contributed by atoms with Crippen LogP contribution in [0.25, 0.3) is 0 Å². The predicted molar refractivity (Wildman–Crippen MR) is 220 cm³/mol. The van der Waals surface area contributed by atoms with Crippen molar-refractivity contribution in [3.63, 3.8) is 0 Å². The average Bonchev–Trinajstić information content (AvgIpc) is 3.14. The fourth-order valence-corrected chi connectivity index (χ4v) is 6.84. The van der Waals surface area contributed by atoms with Crippen LogP contribution >= 0.6 is 7.82 Å². The number of rotatable bonds is 41. The Hall–Kier alpha value is -1.51. The number of hydrogen-bond acceptors (Lipinski definition) is 8. The lowest BCUT2D eigenvalue weighted by molar-refractivity contribution is -0.161. The highest BCUT2D eigenvalue weighted by Gasteiger charge is 2.26. The van der Waals surface area contributed by atoms with Gasteiger partial charge < -0.3 is 20.1 Å². The Morgan fingerprint density at radius 3 is 1.47 bits per heavy atom. The van der Waals surface area contributed by atoms with Gasteiger partial charge in [-0.1, -0.05) is 173 Å². The van der Waals surface area contributed by atoms with E-state index in [-0.39, 0.29) is 38.6 Å². The molecule has 2 unspecified atom stereocenters. The highest BCUT2D eigenvalue weighted by molar-refractivity contribution is 7.47. The third-order valence-electron chi connectivity index (χ3n) is 9.34. The molecule has 0 aromatic carbocycles. The van der Waals surface area contributed by atoms with Crippen LogP contribution in [0.1, 0.15) is 206 Å². The van der Waals surface area contributed by atoms with Gasteiger partial charge in [-0.2, -0.15) is 0 Å². The topological polar surface area (TPSA) is 134 Å². The maximum Gasteiger partial charge on any atom is 0.472 e. The molecule has 3 N–H and O–H groups in total. The maximum absolute atomic E-state index is 12.6. The molecule has 0 spiro atoms. The van der Waals surface area contributed by atoms with E-state index in [1.54, 1.807) is 0 Å². The predicted octanol–water partition coefficient (Wildman–Crippen LogP) is 12.4. The molecule has 2 atom stereocenters. The van der Waals surface area contributed by atoms with E-state index >= 15 is 0 Å². The third-order valence-corrected chi connectivity index (χ3v) is 10.3. The van der Waals surface area contributed by atoms with E-state index in [0.29, 0.717) is 6.42 Å². The lowest BCUT2D eigenvalue weighted by atomic mass is 10.0. The largest absolute Gasteiger partial charge is 0.472 e. The van der Waals surface area contributed by atoms with Gasteiger partial charge in [-0.25, -0.2) is 4.57 Å². The fourth-order valence-electron chi connectivity index (χ4n) is 6.08. The summed E-state index contributed by atoms with van der Waals surface area (Å²) in [6.07, 6.45) is 42.0. The van der Waals surface area contributed by atoms with Crippen LogP contribution < -0.4 is 5.73 Å². The number of allylic oxidation sites excluding steroid dienone is 4. The molecule has 0 aliphatic carbocycles. The van der Waals surface area contributed by atoms with Crippen LogP contribution in [0.2, 0.25) is 0 Å². The van der Waals surface area contributed by atoms with Crippen molar-refractivity contribution in [3.8, 4) is 0 Å². The first-order chi connectivity index (χ1) is 25.8. The first-order valence-corrected chi connectivity index (χ1v) is 23.3. The van der Waals surface area contributed by atoms with Crippen molar-refractivity contribution in [2.45, 2.75) is 213 Å². The molecule has 0 saturated carbocycles. The molecule has 0 bridgehead atoms. The van der Waals surface area contributed by atoms with Crippen LogP contribution in [-0.2, 0) is 32.7 Å². The maximum atomic E-state index is 12.6. The van der Waals surface area contributed by atoms with Crippen molar-refractivity contribution in [1.29, 1.82) is 0 Å². The van der Waals surface area contributed by atoms with E-state index in [9.17, 15) is 19.0 Å². The number of hydrogen-bond donors (Lipinski definition) is 2. The van der Waals surface area contributed by atoms with Gasteiger partial charge in [-0.05, 0) is 44.9 Å². The zero-order chi connectivity index (χ0) is 38.9. The van der Waals surface area contributed by atoms with Gasteiger partial charge in [0.1, 0.15) is 6.61 Å². The summed E-state index contributed by atoms with van der Waals surface area (Å²) in [7, 11) is -4.37. The van der Waals surface area contributed by atoms with Gasteiger partial charge in [-0.15, -0.1) is 0 Å². The minimum absolute atomic E-state index is 0.0543. The SMILES string of the molecule is CCCCCC=CCC=CCCCCCCCCCCCC(=O)OC(COC(=O)CCCCCCCCCCCCCCC)COP(=O)(O)OCCN. The molecule has 0 heterocycles. The Labute approximate surface area is 325 Å². The molecule has 0 aromatic rings. The van der Waals surface area contributed by atoms with E-state index < -0.39 is 26.5 Å². The number of carbonyl (C=O) groups is 2. The molecule has 0 radical (unpaired) electrons. The monoisotopic (exact) mass is 772 g/mol. The van der Waals surface area contributed by atoms with Crippen LogP contribution in [0.4, 0.5) is 0 Å². The average molecular weight is 772 g/mol. The van der Waals surface area contributed by atoms with E-state index in [4.69, 9.17) is 24.3 Å². The minimum atomic E-state index is -4.37. The third kappa shape index (κ3) is 40.0. The second kappa shape index (κ2) is 40.2. The van der Waals surface area contributed by atoms with Crippen LogP contribution in [0.15, 0.2) is 24.3 Å². The lowest BCUT2D eigenvalue weighted by Gasteiger charge is -2.19. The molecule has 0 amide bonds. The number of phosphoric ester groups is 1. The summed E-state index contributed by atoms with van der Waals surface area (Å²) in [5.74, 6) is -0.826. The van der Waals surface area contributed by atoms with Crippen LogP contribution in [0.3, 0.4) is 0 Å². The molecular weight excluding hydrogens is 689 g/mol. The molecule has 0 saturated heterocycles. The second-order valence-corrected chi connectivity index (χ2v) is 16.0. The summed E-state index contributed by atoms with van der Waals surface area (Å²) in [5, 5.41) is 0. The molecule has 53 heavy (non-hydrogen) atoms. The molecule has 312 valence electrons. The molecular formula is C43H82NO8P. The van der Waals surface area contributed by atoms with Crippen LogP contribution in [-0.4, -0.2) is 49.3 Å². The van der Waals surface area contributed by atoms with Crippen LogP contribution in [0, 0.1) is 0 Å². The van der Waals surface area contributed by atoms with Gasteiger partial charge in [0.05, 0.1) is 13.2 Å². The quantitative estimate of drug-likeness (QED) is 0.0269. The number of phosphoric acid groups is 1. The van der Waals surface area contributed by atoms with Crippen molar-refractivity contribution < 1.29 is 37.6 Å². The Bertz CT molecular complexity index is 928. The standard InChI is InChI=1S/C43H82NO8P/c1-3-5-7-9-11-13-15-17-18-19-20-21-22-24-26-28-30-32-34-36-43(46)52-41(40-51-53(47,48)50-38-37-44)39-49-42(45)35-33-31-29-27-25-23-16-14-12-10-8-6-4-2/h11,13,17-18,41H,3-10,12,14-16,19-40,44H2,1-2H3,(H,47,48). The number of nitrogens with two attached hydrogens (primary N) is 1. The van der Waals surface area contributed by atoms with Gasteiger partial charge in [0.2, 0.25) is 0 Å². The minimum Gasteiger partial charge on any atom is -0.462 e. The zero-order valence-corrected chi connectivity index (χ0v) is 35.2. The number of esters is 2. The van der Waals surface area contributed by atoms with E-state index in [1.165, 1.54) is 122 Å². The molecule has 0 fully saturated rings. The van der Waals surface area contributed by atoms with E-state index in [1.807, 2.05) is 0 Å². The van der Waals surface area contributed by atoms with Crippen molar-refractivity contribution >= 4 is 19.8 Å². The first-order valence-electron chi connectivity index (χ1n) is 21.8. The highest BCUT2D eigenvalue weighted by Crippen LogP contribution is 2.43. The van der Waals surface area contributed by atoms with Gasteiger partial charge >= 0.3 is 19.8 Å². The first kappa shape index (κ1) is 51.5. The van der Waals surface area contributed by atoms with Crippen molar-refractivity contribution in [2.24, 2.45) is 5.73 Å². The summed E-state index contributed by atoms with van der Waals surface area (Å²) in [6.45, 7) is 3.72. The van der Waals surface area contributed by atoms with Gasteiger partial charge in [0, 0.05) is 19.4 Å². The fraction of sp³-hybridized carbons (Fsp3) is 0.860. The summed E-state index contributed by atoms with van der Waals surface area (Å²) in [5.41, 5.74) is 5.35. The smallest absolute Gasteiger partial charge is 0.462 e. The molecule has 9 nitrogen and oxygen atoms in total. The Morgan fingerprint density at radius 2 is 0.981 bits per heavy atom. The Kier molecular flexibility index (Phi) is 39.0. The molecule has 0 aromatic heterocycles. The lowest BCUT2D eigenvalue weighted by Crippen LogP contribution is -2.29. The van der Waals surface area contributed by atoms with Gasteiger partial charge in [0.15, 0.2) is 6.10 Å². The van der Waals surface area contributed by atoms with Gasteiger partial charge in [0.25, 0.3) is 0 Å². The molecule has 0 rings (SSSR count). The Balaban J connectivity index is 4.12. The molecule has 0 aliphatic heterocycles. The van der Waals surface area contributed by atoms with E-state index in [2.05, 4.69) is 38.2 Å². The summed E-state index contributed by atoms with van der Waals surface area (Å²) >= 11 is 0. The molecule has 10 heteroatoms. The zero-order valence-electron chi connectivity index (χ0n) is 34.3. The van der Waals surface area contributed by atoms with Crippen LogP contribution in [0.5, 0.6) is 0 Å². The van der Waals surface area contributed by atoms with Gasteiger partial charge in [-0.3, -0.25) is 18.6 Å². The summed E-state index contributed by atoms with van der Waals surface area (Å²) < 4.78 is 32.8. The second-order valence-electron chi connectivity index (χ2n) is 14.6. The molecule has 0 aliphatic rings. The summed E-state index contributed by atoms with van der Waals surface area (Å²) in [6, 6.07) is 0.